The minimum absolute atomic E-state index is 0.00679. The lowest BCUT2D eigenvalue weighted by atomic mass is 9.80. The second-order valence-corrected chi connectivity index (χ2v) is 16.5. The van der Waals surface area contributed by atoms with Crippen molar-refractivity contribution in [3.05, 3.63) is 68.1 Å². The number of ketones is 1. The normalized spacial score (nSPS) is 19.3. The number of Topliss-reactive ketones (excluding diaryl/α,β-unsaturated/α-hetero) is 1. The average Bonchev–Trinajstić information content (AvgIpc) is 3.88. The van der Waals surface area contributed by atoms with Gasteiger partial charge >= 0.3 is 5.97 Å². The molecular formula is C39H55N5O5S2. The summed E-state index contributed by atoms with van der Waals surface area (Å²) in [6.07, 6.45) is 4.54. The number of carbonyl (C=O) groups is 4. The number of nitrogens with one attached hydrogen (secondary N) is 1. The van der Waals surface area contributed by atoms with Crippen molar-refractivity contribution >= 4 is 46.2 Å². The van der Waals surface area contributed by atoms with Gasteiger partial charge in [-0.2, -0.15) is 0 Å². The maximum absolute atomic E-state index is 14.3. The van der Waals surface area contributed by atoms with Crippen LogP contribution < -0.4 is 5.32 Å². The molecule has 1 aliphatic heterocycles. The number of aryl methyl sites for hydroxylation is 1. The second kappa shape index (κ2) is 17.8. The van der Waals surface area contributed by atoms with E-state index in [9.17, 15) is 19.2 Å². The molecule has 0 aliphatic carbocycles. The second-order valence-electron chi connectivity index (χ2n) is 14.7. The van der Waals surface area contributed by atoms with Gasteiger partial charge in [-0.15, -0.1) is 22.7 Å². The van der Waals surface area contributed by atoms with E-state index in [1.165, 1.54) is 29.6 Å². The SMILES string of the molecule is CC[C@H](C)[C@H](CC(=O)[C@@]1(C)CCCN1C)C(=O)N(C)[C@H](C[C@@H](OC(C)=O)c1nc(C(=O)N[C@@H](Cc2ccc(C)cc2)c2nccs2)cs1)C(C)C. The molecule has 1 N–H and O–H groups in total. The summed E-state index contributed by atoms with van der Waals surface area (Å²) < 4.78 is 5.83. The maximum Gasteiger partial charge on any atom is 0.303 e. The van der Waals surface area contributed by atoms with Gasteiger partial charge in [-0.3, -0.25) is 24.1 Å². The van der Waals surface area contributed by atoms with Gasteiger partial charge in [0, 0.05) is 55.7 Å². The molecule has 2 amide bonds. The van der Waals surface area contributed by atoms with E-state index in [-0.39, 0.29) is 53.6 Å². The molecule has 2 aromatic heterocycles. The topological polar surface area (TPSA) is 122 Å². The molecule has 1 saturated heterocycles. The van der Waals surface area contributed by atoms with Crippen LogP contribution in [0, 0.1) is 24.7 Å². The van der Waals surface area contributed by atoms with Crippen LogP contribution in [0.3, 0.4) is 0 Å². The van der Waals surface area contributed by atoms with Crippen molar-refractivity contribution in [1.29, 1.82) is 0 Å². The molecule has 3 heterocycles. The van der Waals surface area contributed by atoms with Crippen molar-refractivity contribution in [2.45, 2.75) is 111 Å². The fraction of sp³-hybridized carbons (Fsp3) is 0.590. The predicted molar refractivity (Wildman–Crippen MR) is 203 cm³/mol. The third-order valence-corrected chi connectivity index (χ3v) is 12.5. The van der Waals surface area contributed by atoms with E-state index < -0.39 is 23.5 Å². The summed E-state index contributed by atoms with van der Waals surface area (Å²) in [6, 6.07) is 7.54. The van der Waals surface area contributed by atoms with Crippen LogP contribution in [-0.2, 0) is 25.5 Å². The first-order valence-electron chi connectivity index (χ1n) is 18.0. The quantitative estimate of drug-likeness (QED) is 0.144. The monoisotopic (exact) mass is 737 g/mol. The van der Waals surface area contributed by atoms with Gasteiger partial charge in [0.2, 0.25) is 5.91 Å². The summed E-state index contributed by atoms with van der Waals surface area (Å²) in [5.41, 5.74) is 1.91. The molecular weight excluding hydrogens is 683 g/mol. The van der Waals surface area contributed by atoms with Crippen LogP contribution in [-0.4, -0.2) is 75.6 Å². The molecule has 51 heavy (non-hydrogen) atoms. The van der Waals surface area contributed by atoms with E-state index >= 15 is 0 Å². The van der Waals surface area contributed by atoms with Gasteiger partial charge in [-0.25, -0.2) is 9.97 Å². The molecule has 6 atom stereocenters. The minimum Gasteiger partial charge on any atom is -0.455 e. The van der Waals surface area contributed by atoms with Gasteiger partial charge in [0.05, 0.1) is 11.6 Å². The number of aromatic nitrogens is 2. The molecule has 1 fully saturated rings. The highest BCUT2D eigenvalue weighted by molar-refractivity contribution is 7.10. The highest BCUT2D eigenvalue weighted by atomic mass is 32.1. The smallest absolute Gasteiger partial charge is 0.303 e. The molecule has 3 aromatic rings. The van der Waals surface area contributed by atoms with Crippen LogP contribution in [0.2, 0.25) is 0 Å². The van der Waals surface area contributed by atoms with Gasteiger partial charge in [-0.05, 0) is 64.1 Å². The number of rotatable bonds is 17. The highest BCUT2D eigenvalue weighted by Crippen LogP contribution is 2.35. The number of likely N-dealkylation sites (tertiary alicyclic amines) is 1. The number of nitrogens with zero attached hydrogens (tertiary/aromatic N) is 4. The predicted octanol–water partition coefficient (Wildman–Crippen LogP) is 7.20. The Kier molecular flexibility index (Phi) is 14.1. The number of hydrogen-bond donors (Lipinski definition) is 1. The van der Waals surface area contributed by atoms with Crippen molar-refractivity contribution in [2.24, 2.45) is 17.8 Å². The van der Waals surface area contributed by atoms with Crippen molar-refractivity contribution < 1.29 is 23.9 Å². The molecule has 0 unspecified atom stereocenters. The lowest BCUT2D eigenvalue weighted by Crippen LogP contribution is -2.50. The summed E-state index contributed by atoms with van der Waals surface area (Å²) >= 11 is 2.74. The average molecular weight is 738 g/mol. The largest absolute Gasteiger partial charge is 0.455 e. The minimum atomic E-state index is -0.770. The van der Waals surface area contributed by atoms with Gasteiger partial charge < -0.3 is 15.0 Å². The molecule has 1 aromatic carbocycles. The van der Waals surface area contributed by atoms with E-state index in [4.69, 9.17) is 4.74 Å². The standard InChI is InChI=1S/C39H55N5O5S2/c1-10-26(5)29(21-34(46)39(7)16-11-18-43(39)8)38(48)44(9)32(24(2)3)22-33(49-27(6)45)37-42-31(23-51-37)35(47)41-30(36-40-17-19-50-36)20-28-14-12-25(4)13-15-28/h12-15,17,19,23-24,26,29-30,32-33H,10-11,16,18,20-22H2,1-9H3,(H,41,47)/t26-,29-,30-,32+,33+,39+/m0/s1. The Hall–Kier alpha value is -3.48. The zero-order chi connectivity index (χ0) is 37.5. The number of thiazole rings is 2. The van der Waals surface area contributed by atoms with Crippen molar-refractivity contribution in [2.75, 3.05) is 20.6 Å². The Labute approximate surface area is 311 Å². The fourth-order valence-electron chi connectivity index (χ4n) is 6.95. The number of esters is 1. The first-order valence-corrected chi connectivity index (χ1v) is 19.8. The number of carbonyl (C=O) groups excluding carboxylic acids is 4. The van der Waals surface area contributed by atoms with Gasteiger partial charge in [0.1, 0.15) is 15.7 Å². The van der Waals surface area contributed by atoms with Gasteiger partial charge in [0.25, 0.3) is 5.91 Å². The number of benzene rings is 1. The van der Waals surface area contributed by atoms with Gasteiger partial charge in [0.15, 0.2) is 11.9 Å². The van der Waals surface area contributed by atoms with Crippen LogP contribution in [0.1, 0.15) is 117 Å². The Balaban J connectivity index is 1.53. The van der Waals surface area contributed by atoms with Crippen LogP contribution in [0.5, 0.6) is 0 Å². The summed E-state index contributed by atoms with van der Waals surface area (Å²) in [4.78, 5) is 67.0. The molecule has 4 rings (SSSR count). The summed E-state index contributed by atoms with van der Waals surface area (Å²) in [5.74, 6) is -1.24. The first-order chi connectivity index (χ1) is 24.1. The van der Waals surface area contributed by atoms with Crippen LogP contribution in [0.25, 0.3) is 0 Å². The summed E-state index contributed by atoms with van der Waals surface area (Å²) in [5, 5.41) is 7.96. The lowest BCUT2D eigenvalue weighted by molar-refractivity contribution is -0.149. The summed E-state index contributed by atoms with van der Waals surface area (Å²) in [6.45, 7) is 14.4. The van der Waals surface area contributed by atoms with Crippen LogP contribution >= 0.6 is 22.7 Å². The zero-order valence-corrected chi connectivity index (χ0v) is 33.2. The van der Waals surface area contributed by atoms with Crippen molar-refractivity contribution in [3.8, 4) is 0 Å². The molecule has 10 nitrogen and oxygen atoms in total. The fourth-order valence-corrected chi connectivity index (χ4v) is 8.48. The molecule has 0 radical (unpaired) electrons. The Bertz CT molecular complexity index is 1620. The molecule has 0 bridgehead atoms. The Morgan fingerprint density at radius 3 is 2.37 bits per heavy atom. The van der Waals surface area contributed by atoms with Gasteiger partial charge in [-0.1, -0.05) is 63.9 Å². The van der Waals surface area contributed by atoms with E-state index in [0.29, 0.717) is 17.8 Å². The van der Waals surface area contributed by atoms with E-state index in [2.05, 4.69) is 32.3 Å². The van der Waals surface area contributed by atoms with Crippen molar-refractivity contribution in [1.82, 2.24) is 25.1 Å². The van der Waals surface area contributed by atoms with Crippen LogP contribution in [0.15, 0.2) is 41.2 Å². The molecule has 0 saturated carbocycles. The zero-order valence-electron chi connectivity index (χ0n) is 31.6. The first kappa shape index (κ1) is 40.3. The number of hydrogen-bond acceptors (Lipinski definition) is 10. The van der Waals surface area contributed by atoms with E-state index in [0.717, 1.165) is 41.9 Å². The highest BCUT2D eigenvalue weighted by Gasteiger charge is 2.44. The molecule has 1 aliphatic rings. The maximum atomic E-state index is 14.3. The summed E-state index contributed by atoms with van der Waals surface area (Å²) in [7, 11) is 3.77. The number of ether oxygens (including phenoxy) is 1. The number of amides is 2. The third-order valence-electron chi connectivity index (χ3n) is 10.7. The Morgan fingerprint density at radius 1 is 1.10 bits per heavy atom. The lowest BCUT2D eigenvalue weighted by Gasteiger charge is -2.38. The van der Waals surface area contributed by atoms with E-state index in [1.807, 2.05) is 66.1 Å². The third kappa shape index (κ3) is 10.1. The molecule has 0 spiro atoms. The molecule has 12 heteroatoms. The number of likely N-dealkylation sites (N-methyl/N-ethyl adjacent to an activating group) is 1. The van der Waals surface area contributed by atoms with E-state index in [1.54, 1.807) is 23.5 Å². The van der Waals surface area contributed by atoms with Crippen LogP contribution in [0.4, 0.5) is 0 Å². The molecule has 278 valence electrons. The Morgan fingerprint density at radius 2 is 1.80 bits per heavy atom. The van der Waals surface area contributed by atoms with Crippen molar-refractivity contribution in [3.63, 3.8) is 0 Å².